The summed E-state index contributed by atoms with van der Waals surface area (Å²) >= 11 is 5.96. The van der Waals surface area contributed by atoms with Gasteiger partial charge in [-0.15, -0.1) is 0 Å². The van der Waals surface area contributed by atoms with Gasteiger partial charge >= 0.3 is 0 Å². The number of carbonyl (C=O) groups excluding carboxylic acids is 1. The number of sulfonamides is 1. The fourth-order valence-electron chi connectivity index (χ4n) is 2.62. The number of morpholine rings is 1. The number of halogens is 1. The van der Waals surface area contributed by atoms with E-state index in [4.69, 9.17) is 21.6 Å². The molecule has 2 aromatic carbocycles. The van der Waals surface area contributed by atoms with Crippen molar-refractivity contribution in [1.29, 1.82) is 5.26 Å². The van der Waals surface area contributed by atoms with Crippen molar-refractivity contribution in [3.63, 3.8) is 0 Å². The van der Waals surface area contributed by atoms with E-state index < -0.39 is 15.9 Å². The molecule has 1 aliphatic rings. The molecule has 0 bridgehead atoms. The summed E-state index contributed by atoms with van der Waals surface area (Å²) < 4.78 is 32.0. The van der Waals surface area contributed by atoms with Crippen LogP contribution in [0, 0.1) is 11.3 Å². The first-order chi connectivity index (χ1) is 12.9. The molecule has 0 atom stereocenters. The van der Waals surface area contributed by atoms with E-state index in [2.05, 4.69) is 5.32 Å². The number of nitrogens with one attached hydrogen (secondary N) is 1. The van der Waals surface area contributed by atoms with Crippen molar-refractivity contribution in [3.05, 3.63) is 58.6 Å². The second kappa shape index (κ2) is 8.06. The van der Waals surface area contributed by atoms with Gasteiger partial charge in [-0.2, -0.15) is 9.57 Å². The molecule has 1 aliphatic heterocycles. The van der Waals surface area contributed by atoms with Crippen molar-refractivity contribution in [2.45, 2.75) is 4.90 Å². The number of ether oxygens (including phenoxy) is 1. The van der Waals surface area contributed by atoms with Gasteiger partial charge in [-0.3, -0.25) is 4.79 Å². The van der Waals surface area contributed by atoms with E-state index in [1.807, 2.05) is 6.07 Å². The SMILES string of the molecule is N#Cc1ccc(NC(=O)c2cccc(S(=O)(=O)N3CCOCC3)c2)cc1Cl. The monoisotopic (exact) mass is 405 g/mol. The van der Waals surface area contributed by atoms with Crippen LogP contribution < -0.4 is 5.32 Å². The maximum atomic E-state index is 12.7. The first-order valence-electron chi connectivity index (χ1n) is 8.11. The molecule has 1 saturated heterocycles. The number of anilines is 1. The topological polar surface area (TPSA) is 99.5 Å². The number of rotatable bonds is 4. The van der Waals surface area contributed by atoms with Crippen LogP contribution >= 0.6 is 11.6 Å². The smallest absolute Gasteiger partial charge is 0.255 e. The largest absolute Gasteiger partial charge is 0.379 e. The normalized spacial score (nSPS) is 15.1. The fraction of sp³-hybridized carbons (Fsp3) is 0.222. The third-order valence-electron chi connectivity index (χ3n) is 4.05. The minimum absolute atomic E-state index is 0.0508. The summed E-state index contributed by atoms with van der Waals surface area (Å²) in [4.78, 5) is 12.5. The number of carbonyl (C=O) groups is 1. The molecule has 27 heavy (non-hydrogen) atoms. The summed E-state index contributed by atoms with van der Waals surface area (Å²) in [6.07, 6.45) is 0. The van der Waals surface area contributed by atoms with E-state index in [0.717, 1.165) is 0 Å². The average molecular weight is 406 g/mol. The highest BCUT2D eigenvalue weighted by molar-refractivity contribution is 7.89. The summed E-state index contributed by atoms with van der Waals surface area (Å²) in [5, 5.41) is 11.8. The number of benzene rings is 2. The molecule has 0 aliphatic carbocycles. The lowest BCUT2D eigenvalue weighted by Crippen LogP contribution is -2.40. The highest BCUT2D eigenvalue weighted by atomic mass is 35.5. The van der Waals surface area contributed by atoms with E-state index in [-0.39, 0.29) is 28.6 Å². The highest BCUT2D eigenvalue weighted by Gasteiger charge is 2.26. The Morgan fingerprint density at radius 1 is 1.19 bits per heavy atom. The third kappa shape index (κ3) is 4.28. The predicted molar refractivity (Wildman–Crippen MR) is 100 cm³/mol. The van der Waals surface area contributed by atoms with E-state index >= 15 is 0 Å². The second-order valence-electron chi connectivity index (χ2n) is 5.80. The van der Waals surface area contributed by atoms with Crippen LogP contribution in [0.5, 0.6) is 0 Å². The quantitative estimate of drug-likeness (QED) is 0.842. The molecule has 0 saturated carbocycles. The molecule has 0 spiro atoms. The van der Waals surface area contributed by atoms with Crippen LogP contribution in [0.15, 0.2) is 47.4 Å². The molecule has 1 fully saturated rings. The van der Waals surface area contributed by atoms with Gasteiger partial charge in [0.15, 0.2) is 0 Å². The molecule has 2 aromatic rings. The van der Waals surface area contributed by atoms with Crippen LogP contribution in [-0.4, -0.2) is 44.9 Å². The van der Waals surface area contributed by atoms with Crippen LogP contribution in [0.3, 0.4) is 0 Å². The second-order valence-corrected chi connectivity index (χ2v) is 8.15. The number of hydrogen-bond acceptors (Lipinski definition) is 5. The molecule has 1 heterocycles. The molecule has 7 nitrogen and oxygen atoms in total. The summed E-state index contributed by atoms with van der Waals surface area (Å²) in [5.41, 5.74) is 0.906. The zero-order chi connectivity index (χ0) is 19.4. The van der Waals surface area contributed by atoms with Gasteiger partial charge in [0, 0.05) is 24.3 Å². The van der Waals surface area contributed by atoms with Crippen molar-refractivity contribution in [2.75, 3.05) is 31.6 Å². The summed E-state index contributed by atoms with van der Waals surface area (Å²) in [7, 11) is -3.69. The minimum Gasteiger partial charge on any atom is -0.379 e. The van der Waals surface area contributed by atoms with Gasteiger partial charge < -0.3 is 10.1 Å². The van der Waals surface area contributed by atoms with E-state index in [1.54, 1.807) is 6.07 Å². The Balaban J connectivity index is 1.81. The Morgan fingerprint density at radius 2 is 1.93 bits per heavy atom. The molecule has 0 aromatic heterocycles. The van der Waals surface area contributed by atoms with Crippen molar-refractivity contribution in [3.8, 4) is 6.07 Å². The summed E-state index contributed by atoms with van der Waals surface area (Å²) in [5.74, 6) is -0.477. The van der Waals surface area contributed by atoms with E-state index in [0.29, 0.717) is 24.5 Å². The van der Waals surface area contributed by atoms with Crippen molar-refractivity contribution in [1.82, 2.24) is 4.31 Å². The average Bonchev–Trinajstić information content (AvgIpc) is 2.69. The number of nitriles is 1. The predicted octanol–water partition coefficient (Wildman–Crippen LogP) is 2.48. The van der Waals surface area contributed by atoms with Crippen LogP contribution in [-0.2, 0) is 14.8 Å². The first-order valence-corrected chi connectivity index (χ1v) is 9.92. The van der Waals surface area contributed by atoms with Gasteiger partial charge in [-0.1, -0.05) is 17.7 Å². The highest BCUT2D eigenvalue weighted by Crippen LogP contribution is 2.22. The molecule has 3 rings (SSSR count). The lowest BCUT2D eigenvalue weighted by molar-refractivity contribution is 0.0730. The van der Waals surface area contributed by atoms with Crippen LogP contribution in [0.4, 0.5) is 5.69 Å². The van der Waals surface area contributed by atoms with Crippen molar-refractivity contribution in [2.24, 2.45) is 0 Å². The lowest BCUT2D eigenvalue weighted by Gasteiger charge is -2.26. The van der Waals surface area contributed by atoms with Gasteiger partial charge in [-0.05, 0) is 36.4 Å². The Kier molecular flexibility index (Phi) is 5.77. The van der Waals surface area contributed by atoms with E-state index in [1.165, 1.54) is 40.7 Å². The minimum atomic E-state index is -3.69. The molecule has 1 amide bonds. The maximum Gasteiger partial charge on any atom is 0.255 e. The third-order valence-corrected chi connectivity index (χ3v) is 6.26. The van der Waals surface area contributed by atoms with Crippen LogP contribution in [0.25, 0.3) is 0 Å². The molecule has 140 valence electrons. The standard InChI is InChI=1S/C18H16ClN3O4S/c19-17-11-15(5-4-14(17)12-20)21-18(23)13-2-1-3-16(10-13)27(24,25)22-6-8-26-9-7-22/h1-5,10-11H,6-9H2,(H,21,23). The van der Waals surface area contributed by atoms with E-state index in [9.17, 15) is 13.2 Å². The number of amides is 1. The molecular formula is C18H16ClN3O4S. The van der Waals surface area contributed by atoms with Gasteiger partial charge in [0.05, 0.1) is 28.7 Å². The van der Waals surface area contributed by atoms with Crippen molar-refractivity contribution >= 4 is 33.2 Å². The van der Waals surface area contributed by atoms with Gasteiger partial charge in [-0.25, -0.2) is 8.42 Å². The van der Waals surface area contributed by atoms with Crippen LogP contribution in [0.1, 0.15) is 15.9 Å². The van der Waals surface area contributed by atoms with Gasteiger partial charge in [0.1, 0.15) is 6.07 Å². The Labute approximate surface area is 162 Å². The molecule has 9 heteroatoms. The van der Waals surface area contributed by atoms with Gasteiger partial charge in [0.2, 0.25) is 10.0 Å². The van der Waals surface area contributed by atoms with Gasteiger partial charge in [0.25, 0.3) is 5.91 Å². The summed E-state index contributed by atoms with van der Waals surface area (Å²) in [6.45, 7) is 1.25. The fourth-order valence-corrected chi connectivity index (χ4v) is 4.30. The molecule has 0 unspecified atom stereocenters. The Morgan fingerprint density at radius 3 is 2.59 bits per heavy atom. The zero-order valence-corrected chi connectivity index (χ0v) is 15.8. The maximum absolute atomic E-state index is 12.7. The lowest BCUT2D eigenvalue weighted by atomic mass is 10.2. The molecular weight excluding hydrogens is 390 g/mol. The molecule has 0 radical (unpaired) electrons. The summed E-state index contributed by atoms with van der Waals surface area (Å²) in [6, 6.07) is 12.3. The zero-order valence-electron chi connectivity index (χ0n) is 14.2. The Bertz CT molecular complexity index is 1010. The Hall–Kier alpha value is -2.44. The number of hydrogen-bond donors (Lipinski definition) is 1. The number of nitrogens with zero attached hydrogens (tertiary/aromatic N) is 2. The first kappa shape index (κ1) is 19.3. The molecule has 1 N–H and O–H groups in total. The van der Waals surface area contributed by atoms with Crippen LogP contribution in [0.2, 0.25) is 5.02 Å². The van der Waals surface area contributed by atoms with Crippen molar-refractivity contribution < 1.29 is 17.9 Å².